The number of carbonyl (C=O) groups is 3. The predicted octanol–water partition coefficient (Wildman–Crippen LogP) is 6.23. The lowest BCUT2D eigenvalue weighted by atomic mass is 9.88. The number of methoxy groups -OCH3 is 1. The Labute approximate surface area is 431 Å². The fraction of sp³-hybridized carbons (Fsp3) is 0.635. The average Bonchev–Trinajstić information content (AvgIpc) is 3.32. The monoisotopic (exact) mass is 1060 g/mol. The van der Waals surface area contributed by atoms with Crippen molar-refractivity contribution >= 4 is 41.1 Å². The molecule has 1 aromatic carbocycles. The van der Waals surface area contributed by atoms with E-state index in [0.717, 1.165) is 0 Å². The number of rotatable bonds is 13. The number of esters is 3. The van der Waals surface area contributed by atoms with Crippen LogP contribution in [0.5, 0.6) is 11.5 Å². The van der Waals surface area contributed by atoms with Gasteiger partial charge in [0.05, 0.1) is 47.5 Å². The largest absolute Gasteiger partial charge is 0.505 e. The van der Waals surface area contributed by atoms with Crippen LogP contribution in [0.3, 0.4) is 0 Å². The molecule has 3 aliphatic heterocycles. The molecule has 0 amide bonds. The third-order valence-corrected chi connectivity index (χ3v) is 13.8. The van der Waals surface area contributed by atoms with Gasteiger partial charge in [-0.25, -0.2) is 9.59 Å². The molecule has 3 heterocycles. The van der Waals surface area contributed by atoms with Gasteiger partial charge in [-0.2, -0.15) is 0 Å². The molecule has 1 aromatic rings. The highest BCUT2D eigenvalue weighted by atomic mass is 35.5. The van der Waals surface area contributed by atoms with E-state index in [0.29, 0.717) is 23.1 Å². The molecular weight excluding hydrogens is 983 g/mol. The van der Waals surface area contributed by atoms with Crippen molar-refractivity contribution in [3.05, 3.63) is 79.9 Å². The molecular formula is C52H74Cl2O18. The second-order valence-electron chi connectivity index (χ2n) is 19.4. The van der Waals surface area contributed by atoms with Gasteiger partial charge >= 0.3 is 17.9 Å². The number of carbonyl (C=O) groups excluding carboxylic acids is 3. The molecule has 2 saturated heterocycles. The second-order valence-corrected chi connectivity index (χ2v) is 20.1. The van der Waals surface area contributed by atoms with E-state index in [1.165, 1.54) is 33.1 Å². The van der Waals surface area contributed by atoms with Crippen LogP contribution < -0.4 is 0 Å². The molecule has 4 rings (SSSR count). The number of ether oxygens (including phenoxy) is 8. The van der Waals surface area contributed by atoms with E-state index in [-0.39, 0.29) is 35.4 Å². The Balaban J connectivity index is 1.61. The maximum atomic E-state index is 13.9. The summed E-state index contributed by atoms with van der Waals surface area (Å²) in [7, 11) is 1.26. The number of aliphatic hydroxyl groups excluding tert-OH is 5. The number of benzene rings is 1. The standard InChI is InChI=1S/C52H74Cl2O18/c1-13-30-22-26(6)33(56)18-16-15-17-31(23-66-51-45(65-12)42(61)44(29(9)67-51)69-49(64)35-32(14-2)36(53)39(58)37(54)38(35)57)48(63)68-34(28(8)55)20-19-25(5)21-27(7)43(30)70-50-41(60)40(59)46(52(10,11)72-50)71-47(62)24(3)4/h15-17,19,21-22,24,28-30,33-34,40-46,50-51,55-61H,13-14,18,20,23H2,1-12H3/b16-15+,25-19+,26-22+,27-21+,31-17+/t28-,29-,30+,33+,34?,40-,41+,42+,43+,44-,45+,46+,50-,51-/m1/s1. The van der Waals surface area contributed by atoms with Crippen LogP contribution in [0, 0.1) is 11.8 Å². The third kappa shape index (κ3) is 14.7. The van der Waals surface area contributed by atoms with Crippen molar-refractivity contribution in [2.45, 2.75) is 187 Å². The lowest BCUT2D eigenvalue weighted by Gasteiger charge is -2.47. The summed E-state index contributed by atoms with van der Waals surface area (Å²) in [5.41, 5.74) is 0.318. The molecule has 0 saturated carbocycles. The summed E-state index contributed by atoms with van der Waals surface area (Å²) in [4.78, 5) is 40.0. The fourth-order valence-electron chi connectivity index (χ4n) is 8.60. The summed E-state index contributed by atoms with van der Waals surface area (Å²) in [5, 5.41) is 76.5. The zero-order valence-corrected chi connectivity index (χ0v) is 44.5. The molecule has 2 fully saturated rings. The van der Waals surface area contributed by atoms with Gasteiger partial charge in [-0.15, -0.1) is 0 Å². The molecule has 404 valence electrons. The summed E-state index contributed by atoms with van der Waals surface area (Å²) < 4.78 is 47.5. The maximum Gasteiger partial charge on any atom is 0.342 e. The minimum absolute atomic E-state index is 0.0372. The first-order valence-electron chi connectivity index (χ1n) is 24.2. The van der Waals surface area contributed by atoms with Crippen LogP contribution >= 0.6 is 23.2 Å². The van der Waals surface area contributed by atoms with Gasteiger partial charge in [0.15, 0.2) is 36.3 Å². The molecule has 14 atom stereocenters. The van der Waals surface area contributed by atoms with Crippen LogP contribution in [0.15, 0.2) is 58.7 Å². The van der Waals surface area contributed by atoms with Gasteiger partial charge in [-0.3, -0.25) is 4.79 Å². The summed E-state index contributed by atoms with van der Waals surface area (Å²) >= 11 is 12.3. The van der Waals surface area contributed by atoms with Crippen molar-refractivity contribution in [1.29, 1.82) is 0 Å². The quantitative estimate of drug-likeness (QED) is 0.0655. The Morgan fingerprint density at radius 3 is 2.17 bits per heavy atom. The topological polar surface area (TPSA) is 267 Å². The number of phenolic OH excluding ortho intramolecular Hbond substituents is 2. The number of aromatic hydroxyl groups is 2. The summed E-state index contributed by atoms with van der Waals surface area (Å²) in [6.45, 7) is 18.1. The lowest BCUT2D eigenvalue weighted by molar-refractivity contribution is -0.333. The zero-order chi connectivity index (χ0) is 54.1. The van der Waals surface area contributed by atoms with Crippen molar-refractivity contribution in [3.63, 3.8) is 0 Å². The first-order valence-corrected chi connectivity index (χ1v) is 24.9. The smallest absolute Gasteiger partial charge is 0.342 e. The number of hydrogen-bond acceptors (Lipinski definition) is 18. The zero-order valence-electron chi connectivity index (χ0n) is 43.0. The minimum atomic E-state index is -1.61. The Morgan fingerprint density at radius 2 is 1.57 bits per heavy atom. The molecule has 0 aliphatic carbocycles. The Kier molecular flexibility index (Phi) is 22.4. The van der Waals surface area contributed by atoms with Crippen LogP contribution in [0.2, 0.25) is 10.0 Å². The van der Waals surface area contributed by atoms with E-state index in [1.54, 1.807) is 53.7 Å². The number of aliphatic hydroxyl groups is 5. The van der Waals surface area contributed by atoms with E-state index in [9.17, 15) is 50.1 Å². The van der Waals surface area contributed by atoms with Crippen molar-refractivity contribution < 1.29 is 88.0 Å². The summed E-state index contributed by atoms with van der Waals surface area (Å²) in [5.74, 6) is -4.78. The van der Waals surface area contributed by atoms with Gasteiger partial charge in [0.2, 0.25) is 0 Å². The van der Waals surface area contributed by atoms with Gasteiger partial charge in [0.25, 0.3) is 0 Å². The van der Waals surface area contributed by atoms with Crippen LogP contribution in [0.1, 0.15) is 111 Å². The van der Waals surface area contributed by atoms with E-state index < -0.39 is 144 Å². The molecule has 20 heteroatoms. The van der Waals surface area contributed by atoms with Crippen LogP contribution in [-0.2, 0) is 53.9 Å². The van der Waals surface area contributed by atoms with Gasteiger partial charge in [0, 0.05) is 19.4 Å². The highest BCUT2D eigenvalue weighted by Crippen LogP contribution is 2.45. The van der Waals surface area contributed by atoms with Crippen molar-refractivity contribution in [2.24, 2.45) is 11.8 Å². The highest BCUT2D eigenvalue weighted by molar-refractivity contribution is 6.39. The van der Waals surface area contributed by atoms with Crippen LogP contribution in [0.4, 0.5) is 0 Å². The molecule has 1 unspecified atom stereocenters. The molecule has 72 heavy (non-hydrogen) atoms. The van der Waals surface area contributed by atoms with Gasteiger partial charge in [0.1, 0.15) is 46.7 Å². The summed E-state index contributed by atoms with van der Waals surface area (Å²) in [6.07, 6.45) is -5.45. The first-order chi connectivity index (χ1) is 33.7. The van der Waals surface area contributed by atoms with Crippen molar-refractivity contribution in [2.75, 3.05) is 13.7 Å². The van der Waals surface area contributed by atoms with E-state index >= 15 is 0 Å². The molecule has 3 aliphatic rings. The van der Waals surface area contributed by atoms with Crippen LogP contribution in [0.25, 0.3) is 0 Å². The number of cyclic esters (lactones) is 1. The molecule has 0 radical (unpaired) electrons. The molecule has 0 bridgehead atoms. The number of halogens is 2. The van der Waals surface area contributed by atoms with Gasteiger partial charge in [-0.1, -0.05) is 86.9 Å². The average molecular weight is 1060 g/mol. The predicted molar refractivity (Wildman–Crippen MR) is 265 cm³/mol. The van der Waals surface area contributed by atoms with Crippen LogP contribution in [-0.4, -0.2) is 153 Å². The molecule has 0 aromatic heterocycles. The minimum Gasteiger partial charge on any atom is -0.505 e. The molecule has 18 nitrogen and oxygen atoms in total. The molecule has 0 spiro atoms. The number of allylic oxidation sites excluding steroid dienone is 4. The van der Waals surface area contributed by atoms with Crippen molar-refractivity contribution in [1.82, 2.24) is 0 Å². The van der Waals surface area contributed by atoms with Gasteiger partial charge < -0.3 is 73.6 Å². The van der Waals surface area contributed by atoms with E-state index in [4.69, 9.17) is 61.1 Å². The Morgan fingerprint density at radius 1 is 0.903 bits per heavy atom. The first kappa shape index (κ1) is 60.7. The maximum absolute atomic E-state index is 13.9. The van der Waals surface area contributed by atoms with E-state index in [1.807, 2.05) is 32.9 Å². The van der Waals surface area contributed by atoms with Gasteiger partial charge in [-0.05, 0) is 90.5 Å². The van der Waals surface area contributed by atoms with E-state index in [2.05, 4.69) is 0 Å². The SMILES string of the molecule is CCc1c(Cl)c(O)c(Cl)c(O)c1C(=O)O[C@H]1[C@H](O)[C@H](OC)[C@H](OC/C2=C\C=C\C[C@H](O)/C(C)=C/[C@H](CC)[C@@H](O[C@@H]3OC(C)(C)[C@@H](OC(=O)C(C)C)[C@H](O)[C@@H]3O)/C(C)=C/C(C)=C/CC([C@@H](C)O)OC2=O)O[C@@H]1C. The number of hydrogen-bond donors (Lipinski definition) is 7. The highest BCUT2D eigenvalue weighted by Gasteiger charge is 2.53. The fourth-order valence-corrected chi connectivity index (χ4v) is 9.16. The molecule has 7 N–H and O–H groups in total. The normalized spacial score (nSPS) is 34.8. The summed E-state index contributed by atoms with van der Waals surface area (Å²) in [6, 6.07) is 0. The third-order valence-electron chi connectivity index (χ3n) is 13.0. The van der Waals surface area contributed by atoms with Crippen molar-refractivity contribution in [3.8, 4) is 11.5 Å². The number of phenols is 2. The lowest BCUT2D eigenvalue weighted by Crippen LogP contribution is -2.64. The Bertz CT molecular complexity index is 2220. The second kappa shape index (κ2) is 26.5. The Hall–Kier alpha value is -3.89.